The number of hydrogen-bond donors (Lipinski definition) is 0. The number of ether oxygens (including phenoxy) is 2. The average molecular weight is 341 g/mol. The van der Waals surface area contributed by atoms with Gasteiger partial charge in [-0.1, -0.05) is 0 Å². The van der Waals surface area contributed by atoms with E-state index in [1.807, 2.05) is 11.4 Å². The summed E-state index contributed by atoms with van der Waals surface area (Å²) in [5.74, 6) is 1.29. The summed E-state index contributed by atoms with van der Waals surface area (Å²) < 4.78 is 11.3. The number of rotatable bonds is 5. The van der Waals surface area contributed by atoms with Crippen LogP contribution in [0, 0.1) is 0 Å². The molecule has 1 heterocycles. The van der Waals surface area contributed by atoms with Crippen LogP contribution < -0.4 is 9.47 Å². The molecule has 2 aromatic rings. The summed E-state index contributed by atoms with van der Waals surface area (Å²) in [5, 5.41) is 1.97. The summed E-state index contributed by atoms with van der Waals surface area (Å²) >= 11 is 4.95. The molecule has 0 fully saturated rings. The van der Waals surface area contributed by atoms with Gasteiger partial charge in [0.1, 0.15) is 11.5 Å². The first kappa shape index (κ1) is 14.1. The molecular weight excluding hydrogens is 328 g/mol. The zero-order valence-corrected chi connectivity index (χ0v) is 13.0. The first-order valence-corrected chi connectivity index (χ1v) is 7.29. The van der Waals surface area contributed by atoms with Crippen LogP contribution in [0.3, 0.4) is 0 Å². The van der Waals surface area contributed by atoms with Crippen LogP contribution in [0.5, 0.6) is 11.5 Å². The van der Waals surface area contributed by atoms with E-state index in [0.717, 1.165) is 9.35 Å². The highest BCUT2D eigenvalue weighted by Crippen LogP contribution is 2.25. The Morgan fingerprint density at radius 3 is 2.26 bits per heavy atom. The highest BCUT2D eigenvalue weighted by Gasteiger charge is 2.12. The molecule has 0 atom stereocenters. The molecule has 5 heteroatoms. The Labute approximate surface area is 124 Å². The van der Waals surface area contributed by atoms with Crippen LogP contribution in [0.15, 0.2) is 34.1 Å². The molecule has 0 N–H and O–H groups in total. The Morgan fingerprint density at radius 1 is 1.16 bits per heavy atom. The predicted octanol–water partition coefficient (Wildman–Crippen LogP) is 3.95. The molecule has 0 saturated carbocycles. The second-order valence-electron chi connectivity index (χ2n) is 3.93. The Morgan fingerprint density at radius 2 is 1.79 bits per heavy atom. The van der Waals surface area contributed by atoms with Gasteiger partial charge in [-0.25, -0.2) is 0 Å². The number of ketones is 1. The fourth-order valence-electron chi connectivity index (χ4n) is 1.68. The molecule has 1 aromatic heterocycles. The van der Waals surface area contributed by atoms with E-state index < -0.39 is 0 Å². The van der Waals surface area contributed by atoms with E-state index in [1.165, 1.54) is 0 Å². The zero-order chi connectivity index (χ0) is 13.8. The van der Waals surface area contributed by atoms with Crippen LogP contribution in [0.2, 0.25) is 0 Å². The van der Waals surface area contributed by atoms with E-state index in [-0.39, 0.29) is 5.78 Å². The Hall–Kier alpha value is -1.33. The monoisotopic (exact) mass is 340 g/mol. The molecule has 2 rings (SSSR count). The number of carbonyl (C=O) groups is 1. The van der Waals surface area contributed by atoms with Crippen molar-refractivity contribution in [1.29, 1.82) is 0 Å². The van der Waals surface area contributed by atoms with Gasteiger partial charge in [-0.05, 0) is 34.1 Å². The van der Waals surface area contributed by atoms with Crippen molar-refractivity contribution < 1.29 is 14.3 Å². The number of benzene rings is 1. The maximum absolute atomic E-state index is 12.2. The number of halogens is 1. The predicted molar refractivity (Wildman–Crippen MR) is 79.6 cm³/mol. The lowest BCUT2D eigenvalue weighted by Crippen LogP contribution is -2.03. The standard InChI is InChI=1S/C14H13BrO3S/c1-17-11-3-9(4-12(6-11)18-2)14(16)7-13-5-10(15)8-19-13/h3-6,8H,7H2,1-2H3. The van der Waals surface area contributed by atoms with Gasteiger partial charge in [0, 0.05) is 32.8 Å². The van der Waals surface area contributed by atoms with Crippen molar-refractivity contribution in [3.63, 3.8) is 0 Å². The summed E-state index contributed by atoms with van der Waals surface area (Å²) in [4.78, 5) is 13.3. The second-order valence-corrected chi connectivity index (χ2v) is 5.84. The molecule has 0 aliphatic rings. The molecule has 0 spiro atoms. The molecule has 1 aromatic carbocycles. The van der Waals surface area contributed by atoms with Gasteiger partial charge in [0.2, 0.25) is 0 Å². The van der Waals surface area contributed by atoms with Crippen LogP contribution in [-0.2, 0) is 6.42 Å². The van der Waals surface area contributed by atoms with E-state index >= 15 is 0 Å². The van der Waals surface area contributed by atoms with Crippen molar-refractivity contribution in [2.24, 2.45) is 0 Å². The van der Waals surface area contributed by atoms with Gasteiger partial charge in [0.05, 0.1) is 14.2 Å². The van der Waals surface area contributed by atoms with Crippen LogP contribution in [0.1, 0.15) is 15.2 Å². The van der Waals surface area contributed by atoms with Crippen molar-refractivity contribution in [3.05, 3.63) is 44.6 Å². The lowest BCUT2D eigenvalue weighted by Gasteiger charge is -2.07. The third-order valence-corrected chi connectivity index (χ3v) is 4.33. The molecule has 19 heavy (non-hydrogen) atoms. The summed E-state index contributed by atoms with van der Waals surface area (Å²) in [7, 11) is 3.14. The van der Waals surface area contributed by atoms with E-state index in [1.54, 1.807) is 43.8 Å². The number of thiophene rings is 1. The molecule has 0 aliphatic heterocycles. The molecule has 0 radical (unpaired) electrons. The third kappa shape index (κ3) is 3.58. The van der Waals surface area contributed by atoms with Gasteiger partial charge in [0.25, 0.3) is 0 Å². The quantitative estimate of drug-likeness (QED) is 0.773. The van der Waals surface area contributed by atoms with Gasteiger partial charge >= 0.3 is 0 Å². The molecule has 0 amide bonds. The largest absolute Gasteiger partial charge is 0.497 e. The molecule has 0 bridgehead atoms. The van der Waals surface area contributed by atoms with Crippen molar-refractivity contribution >= 4 is 33.0 Å². The minimum absolute atomic E-state index is 0.0477. The topological polar surface area (TPSA) is 35.5 Å². The Bertz CT molecular complexity index is 570. The van der Waals surface area contributed by atoms with Crippen LogP contribution in [0.25, 0.3) is 0 Å². The van der Waals surface area contributed by atoms with Crippen LogP contribution in [0.4, 0.5) is 0 Å². The van der Waals surface area contributed by atoms with E-state index in [2.05, 4.69) is 15.9 Å². The number of methoxy groups -OCH3 is 2. The van der Waals surface area contributed by atoms with E-state index in [4.69, 9.17) is 9.47 Å². The molecule has 3 nitrogen and oxygen atoms in total. The van der Waals surface area contributed by atoms with Crippen LogP contribution in [-0.4, -0.2) is 20.0 Å². The van der Waals surface area contributed by atoms with E-state index in [0.29, 0.717) is 23.5 Å². The number of hydrogen-bond acceptors (Lipinski definition) is 4. The van der Waals surface area contributed by atoms with Crippen molar-refractivity contribution in [1.82, 2.24) is 0 Å². The fourth-order valence-corrected chi connectivity index (χ4v) is 3.12. The van der Waals surface area contributed by atoms with Gasteiger partial charge in [-0.15, -0.1) is 11.3 Å². The smallest absolute Gasteiger partial charge is 0.168 e. The Kier molecular flexibility index (Phi) is 4.61. The normalized spacial score (nSPS) is 10.3. The minimum atomic E-state index is 0.0477. The lowest BCUT2D eigenvalue weighted by atomic mass is 10.1. The number of carbonyl (C=O) groups excluding carboxylic acids is 1. The second kappa shape index (κ2) is 6.21. The minimum Gasteiger partial charge on any atom is -0.497 e. The van der Waals surface area contributed by atoms with Gasteiger partial charge in [-0.2, -0.15) is 0 Å². The lowest BCUT2D eigenvalue weighted by molar-refractivity contribution is 0.0993. The van der Waals surface area contributed by atoms with Crippen molar-refractivity contribution in [3.8, 4) is 11.5 Å². The summed E-state index contributed by atoms with van der Waals surface area (Å²) in [6.45, 7) is 0. The molecule has 0 aliphatic carbocycles. The van der Waals surface area contributed by atoms with Crippen molar-refractivity contribution in [2.75, 3.05) is 14.2 Å². The van der Waals surface area contributed by atoms with Gasteiger partial charge < -0.3 is 9.47 Å². The molecular formula is C14H13BrO3S. The highest BCUT2D eigenvalue weighted by molar-refractivity contribution is 9.10. The van der Waals surface area contributed by atoms with Gasteiger partial charge in [0.15, 0.2) is 5.78 Å². The summed E-state index contributed by atoms with van der Waals surface area (Å²) in [6.07, 6.45) is 0.382. The summed E-state index contributed by atoms with van der Waals surface area (Å²) in [5.41, 5.74) is 0.598. The van der Waals surface area contributed by atoms with E-state index in [9.17, 15) is 4.79 Å². The maximum Gasteiger partial charge on any atom is 0.168 e. The van der Waals surface area contributed by atoms with Gasteiger partial charge in [-0.3, -0.25) is 4.79 Å². The average Bonchev–Trinajstić information content (AvgIpc) is 2.83. The molecule has 100 valence electrons. The summed E-state index contributed by atoms with van der Waals surface area (Å²) in [6, 6.07) is 7.17. The SMILES string of the molecule is COc1cc(OC)cc(C(=O)Cc2cc(Br)cs2)c1. The molecule has 0 unspecified atom stereocenters. The fraction of sp³-hybridized carbons (Fsp3) is 0.214. The highest BCUT2D eigenvalue weighted by atomic mass is 79.9. The molecule has 0 saturated heterocycles. The first-order valence-electron chi connectivity index (χ1n) is 5.61. The maximum atomic E-state index is 12.2. The third-order valence-electron chi connectivity index (χ3n) is 2.63. The first-order chi connectivity index (χ1) is 9.12. The number of Topliss-reactive ketones (excluding diaryl/α,β-unsaturated/α-hetero) is 1. The zero-order valence-electron chi connectivity index (χ0n) is 10.6. The van der Waals surface area contributed by atoms with Crippen molar-refractivity contribution in [2.45, 2.75) is 6.42 Å². The Balaban J connectivity index is 2.22. The van der Waals surface area contributed by atoms with Crippen LogP contribution >= 0.6 is 27.3 Å².